The van der Waals surface area contributed by atoms with Gasteiger partial charge in [0.15, 0.2) is 0 Å². The van der Waals surface area contributed by atoms with Gasteiger partial charge in [0, 0.05) is 21.0 Å². The van der Waals surface area contributed by atoms with Crippen LogP contribution in [0.1, 0.15) is 33.7 Å². The second-order valence-corrected chi connectivity index (χ2v) is 8.12. The van der Waals surface area contributed by atoms with Crippen molar-refractivity contribution in [2.24, 2.45) is 0 Å². The third kappa shape index (κ3) is 5.44. The van der Waals surface area contributed by atoms with Crippen LogP contribution in [0.5, 0.6) is 0 Å². The van der Waals surface area contributed by atoms with Gasteiger partial charge in [-0.1, -0.05) is 37.1 Å². The molecule has 0 radical (unpaired) electrons. The highest BCUT2D eigenvalue weighted by Crippen LogP contribution is 2.23. The molecule has 134 valence electrons. The Morgan fingerprint density at radius 2 is 1.64 bits per heavy atom. The number of halogens is 2. The van der Waals surface area contributed by atoms with E-state index in [1.807, 2.05) is 41.1 Å². The maximum absolute atomic E-state index is 5.75. The first-order valence-corrected chi connectivity index (χ1v) is 9.68. The number of hydrogen-bond acceptors (Lipinski definition) is 4. The highest BCUT2D eigenvalue weighted by molar-refractivity contribution is 9.10. The lowest BCUT2D eigenvalue weighted by molar-refractivity contribution is 0.530. The second-order valence-electron chi connectivity index (χ2n) is 6.29. The molecule has 0 bridgehead atoms. The third-order valence-corrected chi connectivity index (χ3v) is 4.37. The van der Waals surface area contributed by atoms with Crippen molar-refractivity contribution in [2.45, 2.75) is 39.8 Å². The molecule has 3 rings (SSSR count). The van der Waals surface area contributed by atoms with E-state index >= 15 is 0 Å². The molecule has 2 aromatic carbocycles. The Bertz CT molecular complexity index is 843. The predicted molar refractivity (Wildman–Crippen MR) is 113 cm³/mol. The molecule has 5 nitrogen and oxygen atoms in total. The van der Waals surface area contributed by atoms with Gasteiger partial charge in [-0.2, -0.15) is 0 Å². The van der Waals surface area contributed by atoms with Crippen molar-refractivity contribution in [1.29, 1.82) is 0 Å². The van der Waals surface area contributed by atoms with Crippen molar-refractivity contribution in [2.75, 3.05) is 11.1 Å². The van der Waals surface area contributed by atoms with Crippen molar-refractivity contribution in [3.05, 3.63) is 45.3 Å². The number of nitrogens with one attached hydrogen (secondary N) is 1. The van der Waals surface area contributed by atoms with Gasteiger partial charge >= 0.3 is 0 Å². The maximum Gasteiger partial charge on any atom is 0.113 e. The molecule has 1 aromatic heterocycles. The van der Waals surface area contributed by atoms with Gasteiger partial charge in [0.05, 0.1) is 16.9 Å². The van der Waals surface area contributed by atoms with E-state index in [-0.39, 0.29) is 0 Å². The van der Waals surface area contributed by atoms with Gasteiger partial charge < -0.3 is 11.1 Å². The fraction of sp³-hybridized carbons (Fsp3) is 0.333. The number of rotatable bonds is 3. The molecule has 0 saturated heterocycles. The number of nitrogen functional groups attached to an aromatic ring is 1. The van der Waals surface area contributed by atoms with Crippen molar-refractivity contribution in [1.82, 2.24) is 15.0 Å². The first-order chi connectivity index (χ1) is 11.8. The summed E-state index contributed by atoms with van der Waals surface area (Å²) in [5.41, 5.74) is 9.54. The van der Waals surface area contributed by atoms with Crippen LogP contribution in [0.2, 0.25) is 0 Å². The molecule has 7 heteroatoms. The van der Waals surface area contributed by atoms with Crippen molar-refractivity contribution in [3.8, 4) is 0 Å². The Hall–Kier alpha value is -1.60. The number of benzene rings is 2. The monoisotopic (exact) mass is 467 g/mol. The standard InChI is InChI=1S/C9H10BrN3.C9H13BrN2/c1-6(2)13-9-5-7(10)3-4-8(9)11-12-13;1-6(2)12-9-5-7(10)3-4-8(9)11/h3-6H,1-2H3;3-6,12H,11H2,1-2H3. The van der Waals surface area contributed by atoms with Gasteiger partial charge in [0.1, 0.15) is 5.52 Å². The largest absolute Gasteiger partial charge is 0.397 e. The smallest absolute Gasteiger partial charge is 0.113 e. The van der Waals surface area contributed by atoms with Crippen LogP contribution >= 0.6 is 31.9 Å². The number of nitrogens with zero attached hydrogens (tertiary/aromatic N) is 3. The summed E-state index contributed by atoms with van der Waals surface area (Å²) in [5.74, 6) is 0. The Kier molecular flexibility index (Phi) is 6.84. The zero-order valence-electron chi connectivity index (χ0n) is 14.8. The summed E-state index contributed by atoms with van der Waals surface area (Å²) in [6.45, 7) is 8.35. The Labute approximate surface area is 165 Å². The highest BCUT2D eigenvalue weighted by Gasteiger charge is 2.06. The summed E-state index contributed by atoms with van der Waals surface area (Å²) in [4.78, 5) is 0. The van der Waals surface area contributed by atoms with Crippen LogP contribution in [0.25, 0.3) is 11.0 Å². The molecule has 25 heavy (non-hydrogen) atoms. The topological polar surface area (TPSA) is 68.8 Å². The molecular weight excluding hydrogens is 446 g/mol. The molecule has 0 aliphatic rings. The average molecular weight is 469 g/mol. The van der Waals surface area contributed by atoms with Gasteiger partial charge in [0.2, 0.25) is 0 Å². The molecule has 0 atom stereocenters. The molecule has 0 amide bonds. The van der Waals surface area contributed by atoms with Crippen molar-refractivity contribution in [3.63, 3.8) is 0 Å². The Balaban J connectivity index is 0.000000181. The van der Waals surface area contributed by atoms with E-state index in [4.69, 9.17) is 5.73 Å². The summed E-state index contributed by atoms with van der Waals surface area (Å²) in [6.07, 6.45) is 0. The molecule has 0 fully saturated rings. The van der Waals surface area contributed by atoms with Gasteiger partial charge in [-0.25, -0.2) is 4.68 Å². The summed E-state index contributed by atoms with van der Waals surface area (Å²) in [7, 11) is 0. The van der Waals surface area contributed by atoms with Crippen LogP contribution in [-0.2, 0) is 0 Å². The van der Waals surface area contributed by atoms with E-state index in [0.29, 0.717) is 12.1 Å². The maximum atomic E-state index is 5.75. The lowest BCUT2D eigenvalue weighted by Crippen LogP contribution is -2.11. The summed E-state index contributed by atoms with van der Waals surface area (Å²) < 4.78 is 4.02. The van der Waals surface area contributed by atoms with Gasteiger partial charge in [-0.15, -0.1) is 5.10 Å². The summed E-state index contributed by atoms with van der Waals surface area (Å²) in [5, 5.41) is 11.4. The highest BCUT2D eigenvalue weighted by atomic mass is 79.9. The average Bonchev–Trinajstić information content (AvgIpc) is 2.94. The van der Waals surface area contributed by atoms with E-state index in [2.05, 4.69) is 75.2 Å². The number of aromatic nitrogens is 3. The van der Waals surface area contributed by atoms with Crippen LogP contribution < -0.4 is 11.1 Å². The van der Waals surface area contributed by atoms with Crippen LogP contribution in [0.15, 0.2) is 45.3 Å². The van der Waals surface area contributed by atoms with E-state index in [1.54, 1.807) is 0 Å². The fourth-order valence-corrected chi connectivity index (χ4v) is 2.97. The molecule has 0 aliphatic carbocycles. The van der Waals surface area contributed by atoms with E-state index < -0.39 is 0 Å². The third-order valence-electron chi connectivity index (χ3n) is 3.38. The minimum atomic E-state index is 0.347. The van der Waals surface area contributed by atoms with Crippen molar-refractivity contribution >= 4 is 54.3 Å². The van der Waals surface area contributed by atoms with Crippen LogP contribution in [-0.4, -0.2) is 21.0 Å². The minimum absolute atomic E-state index is 0.347. The Morgan fingerprint density at radius 1 is 1.00 bits per heavy atom. The molecule has 0 aliphatic heterocycles. The molecule has 3 N–H and O–H groups in total. The predicted octanol–water partition coefficient (Wildman–Crippen LogP) is 5.63. The van der Waals surface area contributed by atoms with Crippen LogP contribution in [0.3, 0.4) is 0 Å². The normalized spacial score (nSPS) is 10.9. The molecule has 0 unspecified atom stereocenters. The SMILES string of the molecule is CC(C)Nc1cc(Br)ccc1N.CC(C)n1nnc2ccc(Br)cc21. The van der Waals surface area contributed by atoms with Gasteiger partial charge in [-0.05, 0) is 64.1 Å². The second kappa shape index (κ2) is 8.67. The van der Waals surface area contributed by atoms with Crippen LogP contribution in [0, 0.1) is 0 Å². The first kappa shape index (κ1) is 19.7. The van der Waals surface area contributed by atoms with E-state index in [9.17, 15) is 0 Å². The fourth-order valence-electron chi connectivity index (χ4n) is 2.26. The summed E-state index contributed by atoms with van der Waals surface area (Å²) in [6, 6.07) is 12.5. The number of anilines is 2. The zero-order chi connectivity index (χ0) is 18.6. The summed E-state index contributed by atoms with van der Waals surface area (Å²) >= 11 is 6.82. The lowest BCUT2D eigenvalue weighted by Gasteiger charge is -2.12. The minimum Gasteiger partial charge on any atom is -0.397 e. The van der Waals surface area contributed by atoms with Gasteiger partial charge in [0.25, 0.3) is 0 Å². The lowest BCUT2D eigenvalue weighted by atomic mass is 10.2. The van der Waals surface area contributed by atoms with Crippen LogP contribution in [0.4, 0.5) is 11.4 Å². The van der Waals surface area contributed by atoms with Crippen molar-refractivity contribution < 1.29 is 0 Å². The number of hydrogen-bond donors (Lipinski definition) is 2. The molecule has 0 saturated carbocycles. The Morgan fingerprint density at radius 3 is 2.28 bits per heavy atom. The van der Waals surface area contributed by atoms with E-state index in [0.717, 1.165) is 31.4 Å². The molecule has 0 spiro atoms. The van der Waals surface area contributed by atoms with Gasteiger partial charge in [-0.3, -0.25) is 0 Å². The quantitative estimate of drug-likeness (QED) is 0.489. The number of fused-ring (bicyclic) bond motifs is 1. The zero-order valence-corrected chi connectivity index (χ0v) is 18.0. The number of nitrogens with two attached hydrogens (primary N) is 1. The molecule has 3 aromatic rings. The molecule has 1 heterocycles. The van der Waals surface area contributed by atoms with E-state index in [1.165, 1.54) is 0 Å². The first-order valence-electron chi connectivity index (χ1n) is 8.10. The molecular formula is C18H23Br2N5.